The number of nitrogens with zero attached hydrogens (tertiary/aromatic N) is 4. The van der Waals surface area contributed by atoms with Crippen molar-refractivity contribution in [3.63, 3.8) is 0 Å². The summed E-state index contributed by atoms with van der Waals surface area (Å²) in [5.74, 6) is 0.245. The lowest BCUT2D eigenvalue weighted by Gasteiger charge is -2.07. The third-order valence-corrected chi connectivity index (χ3v) is 6.40. The summed E-state index contributed by atoms with van der Waals surface area (Å²) in [6, 6.07) is 16.1. The topological polar surface area (TPSA) is 112 Å². The van der Waals surface area contributed by atoms with Gasteiger partial charge in [0, 0.05) is 35.5 Å². The molecule has 0 fully saturated rings. The molecule has 0 saturated carbocycles. The maximum Gasteiger partial charge on any atom is 0.224 e. The largest absolute Gasteiger partial charge is 0.337 e. The predicted molar refractivity (Wildman–Crippen MR) is 146 cm³/mol. The summed E-state index contributed by atoms with van der Waals surface area (Å²) < 4.78 is 13.9. The normalized spacial score (nSPS) is 11.3. The first-order valence-corrected chi connectivity index (χ1v) is 12.4. The number of benzene rings is 2. The second-order valence-corrected chi connectivity index (χ2v) is 9.10. The van der Waals surface area contributed by atoms with Crippen molar-refractivity contribution in [3.05, 3.63) is 79.0 Å². The van der Waals surface area contributed by atoms with Gasteiger partial charge in [0.05, 0.1) is 28.3 Å². The van der Waals surface area contributed by atoms with Crippen LogP contribution in [0.3, 0.4) is 0 Å². The first kappa shape index (κ1) is 23.5. The van der Waals surface area contributed by atoms with Crippen LogP contribution in [0.15, 0.2) is 73.2 Å². The van der Waals surface area contributed by atoms with Crippen molar-refractivity contribution in [3.8, 4) is 33.8 Å². The van der Waals surface area contributed by atoms with E-state index < -0.39 is 0 Å². The van der Waals surface area contributed by atoms with Crippen LogP contribution < -0.4 is 5.32 Å². The smallest absolute Gasteiger partial charge is 0.224 e. The first-order valence-electron chi connectivity index (χ1n) is 12.4. The van der Waals surface area contributed by atoms with Crippen LogP contribution in [0.5, 0.6) is 0 Å². The van der Waals surface area contributed by atoms with Gasteiger partial charge in [0.25, 0.3) is 0 Å². The first-order chi connectivity index (χ1) is 18.6. The lowest BCUT2D eigenvalue weighted by molar-refractivity contribution is -0.116. The molecule has 8 nitrogen and oxygen atoms in total. The Hall–Kier alpha value is -4.92. The van der Waals surface area contributed by atoms with Crippen LogP contribution in [0.2, 0.25) is 0 Å². The number of imidazole rings is 1. The monoisotopic (exact) mass is 505 g/mol. The lowest BCUT2D eigenvalue weighted by Crippen LogP contribution is -2.11. The van der Waals surface area contributed by atoms with Gasteiger partial charge in [0.1, 0.15) is 11.5 Å². The quantitative estimate of drug-likeness (QED) is 0.229. The molecule has 38 heavy (non-hydrogen) atoms. The van der Waals surface area contributed by atoms with Gasteiger partial charge in [0.15, 0.2) is 11.5 Å². The number of H-pyrrole nitrogens is 2. The number of aromatic nitrogens is 6. The maximum absolute atomic E-state index is 13.9. The number of carbonyl (C=O) groups excluding carboxylic acids is 1. The number of hydrogen-bond acceptors (Lipinski definition) is 5. The van der Waals surface area contributed by atoms with E-state index in [1.165, 1.54) is 12.1 Å². The molecular weight excluding hydrogens is 481 g/mol. The highest BCUT2D eigenvalue weighted by Crippen LogP contribution is 2.33. The van der Waals surface area contributed by atoms with Crippen LogP contribution in [-0.2, 0) is 4.79 Å². The molecule has 0 bridgehead atoms. The fourth-order valence-corrected chi connectivity index (χ4v) is 4.50. The highest BCUT2D eigenvalue weighted by atomic mass is 19.1. The Morgan fingerprint density at radius 1 is 1.00 bits per heavy atom. The Bertz CT molecular complexity index is 1790. The van der Waals surface area contributed by atoms with Gasteiger partial charge in [-0.15, -0.1) is 0 Å². The van der Waals surface area contributed by atoms with Gasteiger partial charge in [-0.1, -0.05) is 37.6 Å². The summed E-state index contributed by atoms with van der Waals surface area (Å²) in [6.45, 7) is 2.05. The SMILES string of the molecule is CCCCC(=O)Nc1cncc(-c2cnc3[nH]nc(-c4nc5c(-c6cccc(F)c6)cccc5[nH]4)c3c2)c1. The van der Waals surface area contributed by atoms with Gasteiger partial charge in [-0.3, -0.25) is 14.9 Å². The number of pyridine rings is 2. The Labute approximate surface area is 217 Å². The van der Waals surface area contributed by atoms with Crippen LogP contribution in [-0.4, -0.2) is 36.0 Å². The zero-order valence-corrected chi connectivity index (χ0v) is 20.6. The fourth-order valence-electron chi connectivity index (χ4n) is 4.50. The number of hydrogen-bond donors (Lipinski definition) is 3. The van der Waals surface area contributed by atoms with Gasteiger partial charge >= 0.3 is 0 Å². The molecule has 0 radical (unpaired) electrons. The van der Waals surface area contributed by atoms with E-state index in [0.717, 1.165) is 51.5 Å². The van der Waals surface area contributed by atoms with Gasteiger partial charge < -0.3 is 10.3 Å². The average Bonchev–Trinajstić information content (AvgIpc) is 3.55. The number of unbranched alkanes of at least 4 members (excludes halogenated alkanes) is 1. The van der Waals surface area contributed by atoms with Crippen LogP contribution >= 0.6 is 0 Å². The van der Waals surface area contributed by atoms with Crippen molar-refractivity contribution in [2.24, 2.45) is 0 Å². The third-order valence-electron chi connectivity index (χ3n) is 6.40. The van der Waals surface area contributed by atoms with E-state index in [9.17, 15) is 9.18 Å². The zero-order valence-electron chi connectivity index (χ0n) is 20.6. The number of halogens is 1. The number of carbonyl (C=O) groups is 1. The minimum atomic E-state index is -0.300. The summed E-state index contributed by atoms with van der Waals surface area (Å²) in [4.78, 5) is 29.2. The highest BCUT2D eigenvalue weighted by molar-refractivity contribution is 5.97. The van der Waals surface area contributed by atoms with Crippen LogP contribution in [0.1, 0.15) is 26.2 Å². The molecule has 6 rings (SSSR count). The van der Waals surface area contributed by atoms with Gasteiger partial charge in [0.2, 0.25) is 5.91 Å². The number of anilines is 1. The number of para-hydroxylation sites is 1. The highest BCUT2D eigenvalue weighted by Gasteiger charge is 2.17. The molecule has 0 unspecified atom stereocenters. The molecule has 188 valence electrons. The molecule has 4 heterocycles. The fraction of sp³-hybridized carbons (Fsp3) is 0.138. The maximum atomic E-state index is 13.9. The van der Waals surface area contributed by atoms with Crippen molar-refractivity contribution in [1.29, 1.82) is 0 Å². The molecule has 0 atom stereocenters. The number of nitrogens with one attached hydrogen (secondary N) is 3. The second-order valence-electron chi connectivity index (χ2n) is 9.10. The molecule has 3 N–H and O–H groups in total. The van der Waals surface area contributed by atoms with Gasteiger partial charge in [-0.25, -0.2) is 14.4 Å². The van der Waals surface area contributed by atoms with Crippen molar-refractivity contribution < 1.29 is 9.18 Å². The summed E-state index contributed by atoms with van der Waals surface area (Å²) >= 11 is 0. The Morgan fingerprint density at radius 2 is 1.87 bits per heavy atom. The summed E-state index contributed by atoms with van der Waals surface area (Å²) in [5, 5.41) is 11.2. The van der Waals surface area contributed by atoms with E-state index in [4.69, 9.17) is 4.98 Å². The molecule has 0 spiro atoms. The average molecular weight is 506 g/mol. The second kappa shape index (κ2) is 9.85. The molecule has 4 aromatic heterocycles. The Kier molecular flexibility index (Phi) is 6.09. The minimum absolute atomic E-state index is 0.0287. The minimum Gasteiger partial charge on any atom is -0.337 e. The van der Waals surface area contributed by atoms with Crippen molar-refractivity contribution >= 4 is 33.7 Å². The van der Waals surface area contributed by atoms with E-state index in [0.29, 0.717) is 29.3 Å². The van der Waals surface area contributed by atoms with E-state index >= 15 is 0 Å². The van der Waals surface area contributed by atoms with Crippen LogP contribution in [0.4, 0.5) is 10.1 Å². The number of amides is 1. The van der Waals surface area contributed by atoms with E-state index in [1.54, 1.807) is 24.7 Å². The predicted octanol–water partition coefficient (Wildman–Crippen LogP) is 6.50. The zero-order chi connectivity index (χ0) is 26.1. The summed E-state index contributed by atoms with van der Waals surface area (Å²) in [5.41, 5.74) is 6.64. The molecule has 2 aromatic carbocycles. The Morgan fingerprint density at radius 3 is 2.74 bits per heavy atom. The van der Waals surface area contributed by atoms with E-state index in [1.807, 2.05) is 36.4 Å². The molecule has 0 aliphatic carbocycles. The van der Waals surface area contributed by atoms with Crippen molar-refractivity contribution in [2.45, 2.75) is 26.2 Å². The lowest BCUT2D eigenvalue weighted by atomic mass is 10.0. The van der Waals surface area contributed by atoms with Gasteiger partial charge in [-0.05, 0) is 42.3 Å². The summed E-state index contributed by atoms with van der Waals surface area (Å²) in [6.07, 6.45) is 7.38. The standard InChI is InChI=1S/C29H24FN7O/c1-2-3-10-25(38)33-21-12-18(14-31-16-21)19-13-23-27(36-37-28(23)32-15-19)29-34-24-9-5-8-22(26(24)35-29)17-6-4-7-20(30)11-17/h4-9,11-16H,2-3,10H2,1H3,(H,33,38)(H,34,35)(H,32,36,37). The number of rotatable bonds is 7. The molecule has 9 heteroatoms. The van der Waals surface area contributed by atoms with Crippen molar-refractivity contribution in [2.75, 3.05) is 5.32 Å². The Balaban J connectivity index is 1.37. The molecule has 0 aliphatic rings. The van der Waals surface area contributed by atoms with E-state index in [-0.39, 0.29) is 11.7 Å². The molecule has 6 aromatic rings. The number of aromatic amines is 2. The van der Waals surface area contributed by atoms with Gasteiger partial charge in [-0.2, -0.15) is 5.10 Å². The van der Waals surface area contributed by atoms with Crippen LogP contribution in [0, 0.1) is 5.82 Å². The molecular formula is C29H24FN7O. The summed E-state index contributed by atoms with van der Waals surface area (Å²) in [7, 11) is 0. The van der Waals surface area contributed by atoms with E-state index in [2.05, 4.69) is 37.4 Å². The molecule has 1 amide bonds. The third kappa shape index (κ3) is 4.50. The molecule has 0 aliphatic heterocycles. The number of fused-ring (bicyclic) bond motifs is 2. The van der Waals surface area contributed by atoms with Crippen LogP contribution in [0.25, 0.3) is 55.8 Å². The van der Waals surface area contributed by atoms with Crippen molar-refractivity contribution in [1.82, 2.24) is 30.1 Å². The molecule has 0 saturated heterocycles.